The SMILES string of the molecule is COC(=O)C=CC(=O)OCCNC(=O)C(C)C. The average molecular weight is 243 g/mol. The first-order chi connectivity index (χ1) is 7.97. The topological polar surface area (TPSA) is 81.7 Å². The number of carbonyl (C=O) groups is 3. The van der Waals surface area contributed by atoms with E-state index in [1.54, 1.807) is 13.8 Å². The predicted molar refractivity (Wildman–Crippen MR) is 60.0 cm³/mol. The first-order valence-corrected chi connectivity index (χ1v) is 5.18. The van der Waals surface area contributed by atoms with E-state index >= 15 is 0 Å². The Labute approximate surface area is 100.0 Å². The number of esters is 2. The fraction of sp³-hybridized carbons (Fsp3) is 0.545. The molecule has 0 aromatic heterocycles. The maximum Gasteiger partial charge on any atom is 0.331 e. The van der Waals surface area contributed by atoms with Crippen molar-refractivity contribution in [3.05, 3.63) is 12.2 Å². The highest BCUT2D eigenvalue weighted by Gasteiger charge is 2.05. The molecule has 0 radical (unpaired) electrons. The summed E-state index contributed by atoms with van der Waals surface area (Å²) in [4.78, 5) is 32.8. The van der Waals surface area contributed by atoms with Crippen LogP contribution in [0.1, 0.15) is 13.8 Å². The summed E-state index contributed by atoms with van der Waals surface area (Å²) in [5.41, 5.74) is 0. The van der Waals surface area contributed by atoms with E-state index in [-0.39, 0.29) is 25.0 Å². The first-order valence-electron chi connectivity index (χ1n) is 5.18. The second-order valence-corrected chi connectivity index (χ2v) is 3.47. The van der Waals surface area contributed by atoms with Crippen LogP contribution in [0, 0.1) is 5.92 Å². The summed E-state index contributed by atoms with van der Waals surface area (Å²) >= 11 is 0. The van der Waals surface area contributed by atoms with Crippen LogP contribution in [0.2, 0.25) is 0 Å². The van der Waals surface area contributed by atoms with Gasteiger partial charge in [0, 0.05) is 18.1 Å². The average Bonchev–Trinajstić information content (AvgIpc) is 2.30. The molecule has 0 aliphatic heterocycles. The minimum Gasteiger partial charge on any atom is -0.466 e. The molecule has 0 atom stereocenters. The fourth-order valence-electron chi connectivity index (χ4n) is 0.782. The lowest BCUT2D eigenvalue weighted by atomic mass is 10.2. The van der Waals surface area contributed by atoms with Gasteiger partial charge in [0.2, 0.25) is 5.91 Å². The van der Waals surface area contributed by atoms with Gasteiger partial charge in [-0.2, -0.15) is 0 Å². The maximum atomic E-state index is 11.1. The Morgan fingerprint density at radius 1 is 1.18 bits per heavy atom. The van der Waals surface area contributed by atoms with Crippen LogP contribution < -0.4 is 5.32 Å². The predicted octanol–water partition coefficient (Wildman–Crippen LogP) is 0.0310. The molecule has 0 heterocycles. The van der Waals surface area contributed by atoms with Crippen molar-refractivity contribution in [2.45, 2.75) is 13.8 Å². The van der Waals surface area contributed by atoms with Gasteiger partial charge in [0.15, 0.2) is 0 Å². The second-order valence-electron chi connectivity index (χ2n) is 3.47. The highest BCUT2D eigenvalue weighted by atomic mass is 16.5. The molecule has 17 heavy (non-hydrogen) atoms. The molecule has 1 N–H and O–H groups in total. The van der Waals surface area contributed by atoms with Crippen molar-refractivity contribution in [3.63, 3.8) is 0 Å². The van der Waals surface area contributed by atoms with Gasteiger partial charge in [0.05, 0.1) is 13.7 Å². The summed E-state index contributed by atoms with van der Waals surface area (Å²) in [6, 6.07) is 0. The third-order valence-electron chi connectivity index (χ3n) is 1.73. The molecule has 0 aliphatic rings. The van der Waals surface area contributed by atoms with Gasteiger partial charge in [-0.15, -0.1) is 0 Å². The number of ether oxygens (including phenoxy) is 2. The highest BCUT2D eigenvalue weighted by Crippen LogP contribution is 1.90. The zero-order valence-corrected chi connectivity index (χ0v) is 10.2. The van der Waals surface area contributed by atoms with Crippen LogP contribution in [0.15, 0.2) is 12.2 Å². The van der Waals surface area contributed by atoms with Crippen molar-refractivity contribution in [2.75, 3.05) is 20.3 Å². The summed E-state index contributed by atoms with van der Waals surface area (Å²) in [5.74, 6) is -1.50. The van der Waals surface area contributed by atoms with Crippen molar-refractivity contribution >= 4 is 17.8 Å². The molecule has 0 bridgehead atoms. The molecular formula is C11H17NO5. The Morgan fingerprint density at radius 3 is 2.29 bits per heavy atom. The molecule has 1 amide bonds. The Bertz CT molecular complexity index is 309. The molecule has 0 aromatic carbocycles. The van der Waals surface area contributed by atoms with Gasteiger partial charge in [-0.25, -0.2) is 9.59 Å². The number of hydrogen-bond donors (Lipinski definition) is 1. The summed E-state index contributed by atoms with van der Waals surface area (Å²) < 4.78 is 9.01. The van der Waals surface area contributed by atoms with Crippen LogP contribution in [-0.2, 0) is 23.9 Å². The molecule has 0 aromatic rings. The molecule has 96 valence electrons. The van der Waals surface area contributed by atoms with Crippen LogP contribution >= 0.6 is 0 Å². The van der Waals surface area contributed by atoms with Crippen LogP contribution in [0.5, 0.6) is 0 Å². The quantitative estimate of drug-likeness (QED) is 0.404. The van der Waals surface area contributed by atoms with Crippen LogP contribution in [0.3, 0.4) is 0 Å². The molecule has 6 nitrogen and oxygen atoms in total. The zero-order valence-electron chi connectivity index (χ0n) is 10.2. The molecular weight excluding hydrogens is 226 g/mol. The van der Waals surface area contributed by atoms with E-state index < -0.39 is 11.9 Å². The lowest BCUT2D eigenvalue weighted by molar-refractivity contribution is -0.139. The summed E-state index contributed by atoms with van der Waals surface area (Å²) in [5, 5.41) is 2.58. The van der Waals surface area contributed by atoms with E-state index in [0.29, 0.717) is 0 Å². The number of carbonyl (C=O) groups excluding carboxylic acids is 3. The normalized spacial score (nSPS) is 10.4. The summed E-state index contributed by atoms with van der Waals surface area (Å²) in [7, 11) is 1.21. The zero-order chi connectivity index (χ0) is 13.3. The van der Waals surface area contributed by atoms with Gasteiger partial charge in [-0.3, -0.25) is 4.79 Å². The van der Waals surface area contributed by atoms with E-state index in [2.05, 4.69) is 10.1 Å². The van der Waals surface area contributed by atoms with Crippen molar-refractivity contribution in [1.82, 2.24) is 5.32 Å². The minimum atomic E-state index is -0.658. The Morgan fingerprint density at radius 2 is 1.76 bits per heavy atom. The lowest BCUT2D eigenvalue weighted by Crippen LogP contribution is -2.31. The number of hydrogen-bond acceptors (Lipinski definition) is 5. The van der Waals surface area contributed by atoms with Gasteiger partial charge in [-0.05, 0) is 0 Å². The molecule has 6 heteroatoms. The molecule has 0 fully saturated rings. The molecule has 0 rings (SSSR count). The minimum absolute atomic E-state index is 0.0583. The largest absolute Gasteiger partial charge is 0.466 e. The molecule has 0 saturated heterocycles. The molecule has 0 saturated carbocycles. The summed E-state index contributed by atoms with van der Waals surface area (Å²) in [6.07, 6.45) is 1.94. The van der Waals surface area contributed by atoms with Gasteiger partial charge >= 0.3 is 11.9 Å². The second kappa shape index (κ2) is 8.32. The van der Waals surface area contributed by atoms with Crippen LogP contribution in [0.25, 0.3) is 0 Å². The standard InChI is InChI=1S/C11H17NO5/c1-8(2)11(15)12-6-7-17-10(14)5-4-9(13)16-3/h4-5,8H,6-7H2,1-3H3,(H,12,15). The fourth-order valence-corrected chi connectivity index (χ4v) is 0.782. The van der Waals surface area contributed by atoms with Gasteiger partial charge in [-0.1, -0.05) is 13.8 Å². The molecule has 0 unspecified atom stereocenters. The van der Waals surface area contributed by atoms with Gasteiger partial charge in [0.25, 0.3) is 0 Å². The maximum absolute atomic E-state index is 11.1. The van der Waals surface area contributed by atoms with E-state index in [4.69, 9.17) is 4.74 Å². The van der Waals surface area contributed by atoms with E-state index in [1.807, 2.05) is 0 Å². The third kappa shape index (κ3) is 8.01. The van der Waals surface area contributed by atoms with Crippen molar-refractivity contribution in [3.8, 4) is 0 Å². The lowest BCUT2D eigenvalue weighted by Gasteiger charge is -2.07. The molecule has 0 spiro atoms. The monoisotopic (exact) mass is 243 g/mol. The Kier molecular flexibility index (Phi) is 7.41. The summed E-state index contributed by atoms with van der Waals surface area (Å²) in [6.45, 7) is 3.83. The highest BCUT2D eigenvalue weighted by molar-refractivity contribution is 5.91. The number of nitrogens with one attached hydrogen (secondary N) is 1. The first kappa shape index (κ1) is 15.2. The number of rotatable bonds is 6. The van der Waals surface area contributed by atoms with Crippen molar-refractivity contribution < 1.29 is 23.9 Å². The molecule has 0 aliphatic carbocycles. The van der Waals surface area contributed by atoms with Crippen LogP contribution in [0.4, 0.5) is 0 Å². The Hall–Kier alpha value is -1.85. The Balaban J connectivity index is 3.69. The van der Waals surface area contributed by atoms with Gasteiger partial charge < -0.3 is 14.8 Å². The van der Waals surface area contributed by atoms with E-state index in [9.17, 15) is 14.4 Å². The van der Waals surface area contributed by atoms with Crippen molar-refractivity contribution in [1.29, 1.82) is 0 Å². The third-order valence-corrected chi connectivity index (χ3v) is 1.73. The van der Waals surface area contributed by atoms with E-state index in [1.165, 1.54) is 7.11 Å². The number of amides is 1. The van der Waals surface area contributed by atoms with E-state index in [0.717, 1.165) is 12.2 Å². The van der Waals surface area contributed by atoms with Crippen LogP contribution in [-0.4, -0.2) is 38.1 Å². The van der Waals surface area contributed by atoms with Crippen molar-refractivity contribution in [2.24, 2.45) is 5.92 Å². The van der Waals surface area contributed by atoms with Gasteiger partial charge in [0.1, 0.15) is 6.61 Å². The number of methoxy groups -OCH3 is 1. The smallest absolute Gasteiger partial charge is 0.331 e.